The average molecular weight is 388 g/mol. The Hall–Kier alpha value is -4.01. The van der Waals surface area contributed by atoms with Crippen molar-refractivity contribution in [3.63, 3.8) is 0 Å². The van der Waals surface area contributed by atoms with E-state index in [1.165, 1.54) is 5.56 Å². The summed E-state index contributed by atoms with van der Waals surface area (Å²) in [6.07, 6.45) is 3.12. The van der Waals surface area contributed by atoms with Crippen molar-refractivity contribution in [3.8, 4) is 5.95 Å². The molecule has 0 radical (unpaired) electrons. The molecule has 0 bridgehead atoms. The van der Waals surface area contributed by atoms with E-state index in [2.05, 4.69) is 35.9 Å². The minimum atomic E-state index is 0.278. The van der Waals surface area contributed by atoms with Crippen molar-refractivity contribution in [3.05, 3.63) is 71.4 Å². The lowest BCUT2D eigenvalue weighted by Crippen LogP contribution is -2.11. The summed E-state index contributed by atoms with van der Waals surface area (Å²) in [5, 5.41) is 11.8. The molecular weight excluding hydrogens is 368 g/mol. The third kappa shape index (κ3) is 4.46. The number of rotatable bonds is 6. The molecule has 0 fully saturated rings. The summed E-state index contributed by atoms with van der Waals surface area (Å²) in [4.78, 5) is 13.3. The van der Waals surface area contributed by atoms with E-state index in [-0.39, 0.29) is 5.95 Å². The summed E-state index contributed by atoms with van der Waals surface area (Å²) in [5.41, 5.74) is 6.65. The fraction of sp³-hybridized carbons (Fsp3) is 0.150. The van der Waals surface area contributed by atoms with Gasteiger partial charge in [0.25, 0.3) is 5.95 Å². The van der Waals surface area contributed by atoms with Crippen molar-refractivity contribution in [1.82, 2.24) is 24.7 Å². The Bertz CT molecular complexity index is 1130. The van der Waals surface area contributed by atoms with Gasteiger partial charge in [-0.2, -0.15) is 25.2 Å². The van der Waals surface area contributed by atoms with Crippen LogP contribution in [0.15, 0.2) is 58.2 Å². The SMILES string of the molecule is Cc1ccc(Nc2nc(N/N=C/c3ccco3)nc(-n3nc(C)cc3C)n2)cc1. The minimum Gasteiger partial charge on any atom is -0.463 e. The van der Waals surface area contributed by atoms with E-state index < -0.39 is 0 Å². The van der Waals surface area contributed by atoms with Crippen molar-refractivity contribution < 1.29 is 4.42 Å². The van der Waals surface area contributed by atoms with E-state index in [1.54, 1.807) is 29.3 Å². The van der Waals surface area contributed by atoms with Gasteiger partial charge in [0.1, 0.15) is 5.76 Å². The molecule has 0 amide bonds. The first-order valence-corrected chi connectivity index (χ1v) is 9.03. The average Bonchev–Trinajstić information content (AvgIpc) is 3.33. The second-order valence-electron chi connectivity index (χ2n) is 6.50. The predicted molar refractivity (Wildman–Crippen MR) is 111 cm³/mol. The van der Waals surface area contributed by atoms with Crippen LogP contribution in [0.4, 0.5) is 17.6 Å². The van der Waals surface area contributed by atoms with Gasteiger partial charge >= 0.3 is 0 Å². The maximum absolute atomic E-state index is 5.23. The maximum atomic E-state index is 5.23. The van der Waals surface area contributed by atoms with Crippen LogP contribution in [-0.4, -0.2) is 30.9 Å². The highest BCUT2D eigenvalue weighted by Crippen LogP contribution is 2.17. The molecule has 0 unspecified atom stereocenters. The topological polar surface area (TPSA) is 106 Å². The Labute approximate surface area is 167 Å². The van der Waals surface area contributed by atoms with Crippen LogP contribution in [0.5, 0.6) is 0 Å². The van der Waals surface area contributed by atoms with Gasteiger partial charge in [-0.25, -0.2) is 10.1 Å². The molecule has 2 N–H and O–H groups in total. The highest BCUT2D eigenvalue weighted by atomic mass is 16.3. The van der Waals surface area contributed by atoms with Crippen LogP contribution in [0, 0.1) is 20.8 Å². The number of anilines is 3. The lowest BCUT2D eigenvalue weighted by Gasteiger charge is -2.09. The number of nitrogens with one attached hydrogen (secondary N) is 2. The number of hydrogen-bond donors (Lipinski definition) is 2. The zero-order valence-corrected chi connectivity index (χ0v) is 16.3. The molecule has 9 heteroatoms. The van der Waals surface area contributed by atoms with Gasteiger partial charge in [-0.1, -0.05) is 17.7 Å². The molecule has 29 heavy (non-hydrogen) atoms. The number of nitrogens with zero attached hydrogens (tertiary/aromatic N) is 6. The number of hydrogen-bond acceptors (Lipinski definition) is 8. The summed E-state index contributed by atoms with van der Waals surface area (Å²) in [5.74, 6) is 1.65. The van der Waals surface area contributed by atoms with Gasteiger partial charge in [0.05, 0.1) is 18.2 Å². The quantitative estimate of drug-likeness (QED) is 0.382. The largest absolute Gasteiger partial charge is 0.463 e. The standard InChI is InChI=1S/C20H20N8O/c1-13-6-8-16(9-7-13)22-18-23-19(26-21-12-17-5-4-10-29-17)25-20(24-18)28-15(3)11-14(2)27-28/h4-12H,1-3H3,(H2,22,23,24,25,26)/b21-12+. The molecule has 146 valence electrons. The van der Waals surface area contributed by atoms with Crippen LogP contribution in [0.1, 0.15) is 22.7 Å². The first-order chi connectivity index (χ1) is 14.1. The Balaban J connectivity index is 1.66. The van der Waals surface area contributed by atoms with Gasteiger partial charge in [-0.3, -0.25) is 0 Å². The summed E-state index contributed by atoms with van der Waals surface area (Å²) in [7, 11) is 0. The van der Waals surface area contributed by atoms with Crippen LogP contribution in [-0.2, 0) is 0 Å². The smallest absolute Gasteiger partial charge is 0.257 e. The Kier molecular flexibility index (Phi) is 5.02. The Morgan fingerprint density at radius 1 is 1.00 bits per heavy atom. The highest BCUT2D eigenvalue weighted by Gasteiger charge is 2.12. The lowest BCUT2D eigenvalue weighted by molar-refractivity contribution is 0.560. The fourth-order valence-corrected chi connectivity index (χ4v) is 2.68. The van der Waals surface area contributed by atoms with Crippen LogP contribution in [0.25, 0.3) is 5.95 Å². The van der Waals surface area contributed by atoms with Crippen molar-refractivity contribution in [2.45, 2.75) is 20.8 Å². The minimum absolute atomic E-state index is 0.278. The molecule has 3 aromatic heterocycles. The normalized spacial score (nSPS) is 11.1. The first kappa shape index (κ1) is 18.4. The van der Waals surface area contributed by atoms with E-state index in [1.807, 2.05) is 51.1 Å². The molecule has 3 heterocycles. The number of aryl methyl sites for hydroxylation is 3. The maximum Gasteiger partial charge on any atom is 0.257 e. The van der Waals surface area contributed by atoms with Gasteiger partial charge in [0, 0.05) is 11.4 Å². The Morgan fingerprint density at radius 3 is 2.48 bits per heavy atom. The van der Waals surface area contributed by atoms with Crippen LogP contribution >= 0.6 is 0 Å². The van der Waals surface area contributed by atoms with E-state index in [0.717, 1.165) is 17.1 Å². The zero-order valence-electron chi connectivity index (χ0n) is 16.3. The molecule has 9 nitrogen and oxygen atoms in total. The predicted octanol–water partition coefficient (Wildman–Crippen LogP) is 3.77. The molecule has 0 aliphatic carbocycles. The fourth-order valence-electron chi connectivity index (χ4n) is 2.68. The molecular formula is C20H20N8O. The lowest BCUT2D eigenvalue weighted by atomic mass is 10.2. The third-order valence-corrected chi connectivity index (χ3v) is 4.03. The molecule has 1 aromatic carbocycles. The number of aromatic nitrogens is 5. The van der Waals surface area contributed by atoms with Gasteiger partial charge < -0.3 is 9.73 Å². The van der Waals surface area contributed by atoms with E-state index >= 15 is 0 Å². The second-order valence-corrected chi connectivity index (χ2v) is 6.50. The Morgan fingerprint density at radius 2 is 1.79 bits per heavy atom. The second kappa shape index (κ2) is 7.93. The molecule has 0 saturated heterocycles. The van der Waals surface area contributed by atoms with Gasteiger partial charge in [-0.15, -0.1) is 0 Å². The molecule has 0 atom stereocenters. The van der Waals surface area contributed by atoms with Crippen molar-refractivity contribution in [2.24, 2.45) is 5.10 Å². The molecule has 4 aromatic rings. The summed E-state index contributed by atoms with van der Waals surface area (Å²) in [6.45, 7) is 5.90. The van der Waals surface area contributed by atoms with Gasteiger partial charge in [-0.05, 0) is 51.1 Å². The number of benzene rings is 1. The first-order valence-electron chi connectivity index (χ1n) is 9.03. The monoisotopic (exact) mass is 388 g/mol. The molecule has 0 aliphatic rings. The summed E-state index contributed by atoms with van der Waals surface area (Å²) in [6, 6.07) is 13.5. The van der Waals surface area contributed by atoms with Crippen LogP contribution in [0.2, 0.25) is 0 Å². The van der Waals surface area contributed by atoms with E-state index in [0.29, 0.717) is 17.7 Å². The molecule has 0 spiro atoms. The van der Waals surface area contributed by atoms with Crippen LogP contribution < -0.4 is 10.7 Å². The van der Waals surface area contributed by atoms with E-state index in [9.17, 15) is 0 Å². The van der Waals surface area contributed by atoms with Gasteiger partial charge in [0.2, 0.25) is 11.9 Å². The van der Waals surface area contributed by atoms with Crippen molar-refractivity contribution >= 4 is 23.8 Å². The third-order valence-electron chi connectivity index (χ3n) is 4.03. The van der Waals surface area contributed by atoms with Gasteiger partial charge in [0.15, 0.2) is 0 Å². The molecule has 0 saturated carbocycles. The van der Waals surface area contributed by atoms with Crippen molar-refractivity contribution in [2.75, 3.05) is 10.7 Å². The highest BCUT2D eigenvalue weighted by molar-refractivity contribution is 5.76. The zero-order chi connectivity index (χ0) is 20.2. The van der Waals surface area contributed by atoms with E-state index in [4.69, 9.17) is 4.42 Å². The molecule has 0 aliphatic heterocycles. The van der Waals surface area contributed by atoms with Crippen LogP contribution in [0.3, 0.4) is 0 Å². The summed E-state index contributed by atoms with van der Waals surface area (Å²) >= 11 is 0. The molecule has 4 rings (SSSR count). The van der Waals surface area contributed by atoms with Crippen molar-refractivity contribution in [1.29, 1.82) is 0 Å². The number of furan rings is 1. The summed E-state index contributed by atoms with van der Waals surface area (Å²) < 4.78 is 6.89. The number of hydrazone groups is 1.